The summed E-state index contributed by atoms with van der Waals surface area (Å²) in [6.07, 6.45) is 3.23. The minimum absolute atomic E-state index is 0.00557. The van der Waals surface area contributed by atoms with E-state index in [0.29, 0.717) is 31.3 Å². The maximum absolute atomic E-state index is 16.3. The SMILES string of the molecule is CC(C)(C)OC(=O)N1[C@@H]2CC[C@H]1CN(c1nc(S(C)(=O)=O)nc3c(F)c(-c4cccc5ccc(F)c(F)c45)ncc13)C2. The largest absolute Gasteiger partial charge is 0.444 e. The molecule has 2 aromatic carbocycles. The summed E-state index contributed by atoms with van der Waals surface area (Å²) in [5.41, 5.74) is -1.30. The molecule has 13 heteroatoms. The van der Waals surface area contributed by atoms with Gasteiger partial charge in [0.05, 0.1) is 17.5 Å². The predicted octanol–water partition coefficient (Wildman–Crippen LogP) is 5.25. The van der Waals surface area contributed by atoms with E-state index in [1.165, 1.54) is 18.3 Å². The van der Waals surface area contributed by atoms with Crippen molar-refractivity contribution in [1.29, 1.82) is 0 Å². The van der Waals surface area contributed by atoms with Gasteiger partial charge in [0, 0.05) is 36.5 Å². The quantitative estimate of drug-likeness (QED) is 0.294. The number of rotatable bonds is 3. The lowest BCUT2D eigenvalue weighted by atomic mass is 10.00. The predicted molar refractivity (Wildman–Crippen MR) is 150 cm³/mol. The highest BCUT2D eigenvalue weighted by Gasteiger charge is 2.45. The van der Waals surface area contributed by atoms with Crippen molar-refractivity contribution in [2.75, 3.05) is 24.2 Å². The Bertz CT molecular complexity index is 1870. The fraction of sp³-hybridized carbons (Fsp3) is 0.379. The monoisotopic (exact) mass is 599 g/mol. The Kier molecular flexibility index (Phi) is 6.56. The fourth-order valence-electron chi connectivity index (χ4n) is 5.81. The molecule has 1 amide bonds. The number of halogens is 3. The van der Waals surface area contributed by atoms with Crippen LogP contribution in [0.3, 0.4) is 0 Å². The summed E-state index contributed by atoms with van der Waals surface area (Å²) in [6, 6.07) is 6.45. The molecule has 4 aromatic rings. The Hall–Kier alpha value is -4.00. The van der Waals surface area contributed by atoms with Crippen LogP contribution in [0.4, 0.5) is 23.8 Å². The second-order valence-electron chi connectivity index (χ2n) is 11.7. The van der Waals surface area contributed by atoms with Crippen molar-refractivity contribution in [1.82, 2.24) is 19.9 Å². The second-order valence-corrected chi connectivity index (χ2v) is 13.6. The van der Waals surface area contributed by atoms with E-state index >= 15 is 4.39 Å². The Morgan fingerprint density at radius 3 is 2.33 bits per heavy atom. The number of aromatic nitrogens is 3. The van der Waals surface area contributed by atoms with E-state index in [1.807, 2.05) is 4.90 Å². The minimum Gasteiger partial charge on any atom is -0.444 e. The zero-order valence-electron chi connectivity index (χ0n) is 23.4. The molecule has 2 bridgehead atoms. The van der Waals surface area contributed by atoms with E-state index in [1.54, 1.807) is 37.8 Å². The fourth-order valence-corrected chi connectivity index (χ4v) is 6.32. The van der Waals surface area contributed by atoms with Crippen molar-refractivity contribution in [3.05, 3.63) is 54.0 Å². The summed E-state index contributed by atoms with van der Waals surface area (Å²) in [4.78, 5) is 29.1. The molecule has 0 saturated carbocycles. The van der Waals surface area contributed by atoms with Crippen molar-refractivity contribution >= 4 is 43.4 Å². The van der Waals surface area contributed by atoms with Crippen LogP contribution < -0.4 is 4.90 Å². The first-order chi connectivity index (χ1) is 19.7. The highest BCUT2D eigenvalue weighted by atomic mass is 32.2. The van der Waals surface area contributed by atoms with Crippen LogP contribution in [-0.4, -0.2) is 71.4 Å². The molecular formula is C29H28F3N5O4S. The lowest BCUT2D eigenvalue weighted by molar-refractivity contribution is 0.0123. The number of hydrogen-bond acceptors (Lipinski definition) is 8. The average molecular weight is 600 g/mol. The number of hydrogen-bond donors (Lipinski definition) is 0. The van der Waals surface area contributed by atoms with Crippen LogP contribution >= 0.6 is 0 Å². The Balaban J connectivity index is 1.48. The molecule has 0 radical (unpaired) electrons. The standard InChI is InChI=1S/C29H28F3N5O4S/c1-29(2,3)41-28(38)37-16-9-10-17(37)14-36(13-16)26-19-12-33-24(23(32)25(19)34-27(35-26)42(4,39)40)18-7-5-6-15-8-11-20(30)22(31)21(15)18/h5-8,11-12,16-17H,9-10,13-14H2,1-4H3/t16-,17+. The number of carbonyl (C=O) groups excluding carboxylic acids is 1. The zero-order valence-corrected chi connectivity index (χ0v) is 24.2. The van der Waals surface area contributed by atoms with Crippen LogP contribution in [0.1, 0.15) is 33.6 Å². The van der Waals surface area contributed by atoms with Crippen LogP contribution in [-0.2, 0) is 14.6 Å². The van der Waals surface area contributed by atoms with Gasteiger partial charge in [-0.2, -0.15) is 0 Å². The number of fused-ring (bicyclic) bond motifs is 4. The topological polar surface area (TPSA) is 106 Å². The lowest BCUT2D eigenvalue weighted by Gasteiger charge is -2.42. The summed E-state index contributed by atoms with van der Waals surface area (Å²) in [5.74, 6) is -3.08. The number of amides is 1. The first-order valence-electron chi connectivity index (χ1n) is 13.4. The van der Waals surface area contributed by atoms with Gasteiger partial charge in [0.1, 0.15) is 22.6 Å². The molecule has 2 aliphatic rings. The Labute approximate surface area is 240 Å². The van der Waals surface area contributed by atoms with Crippen molar-refractivity contribution in [3.63, 3.8) is 0 Å². The number of anilines is 1. The summed E-state index contributed by atoms with van der Waals surface area (Å²) in [6.45, 7) is 6.00. The Morgan fingerprint density at radius 2 is 1.69 bits per heavy atom. The third-order valence-electron chi connectivity index (χ3n) is 7.55. The maximum Gasteiger partial charge on any atom is 0.410 e. The van der Waals surface area contributed by atoms with E-state index in [2.05, 4.69) is 15.0 Å². The molecule has 4 heterocycles. The van der Waals surface area contributed by atoms with E-state index in [-0.39, 0.29) is 45.4 Å². The van der Waals surface area contributed by atoms with Crippen molar-refractivity contribution in [2.24, 2.45) is 0 Å². The minimum atomic E-state index is -3.98. The lowest BCUT2D eigenvalue weighted by Crippen LogP contribution is -2.57. The summed E-state index contributed by atoms with van der Waals surface area (Å²) in [5, 5.41) is -0.249. The number of nitrogens with zero attached hydrogens (tertiary/aromatic N) is 5. The number of pyridine rings is 1. The number of benzene rings is 2. The van der Waals surface area contributed by atoms with Gasteiger partial charge >= 0.3 is 6.09 Å². The van der Waals surface area contributed by atoms with E-state index in [0.717, 1.165) is 12.3 Å². The molecule has 0 aliphatic carbocycles. The molecule has 2 atom stereocenters. The van der Waals surface area contributed by atoms with Gasteiger partial charge in [-0.15, -0.1) is 0 Å². The maximum atomic E-state index is 16.3. The highest BCUT2D eigenvalue weighted by molar-refractivity contribution is 7.90. The van der Waals surface area contributed by atoms with Crippen LogP contribution in [0.25, 0.3) is 32.9 Å². The third kappa shape index (κ3) is 4.79. The van der Waals surface area contributed by atoms with Gasteiger partial charge < -0.3 is 9.64 Å². The summed E-state index contributed by atoms with van der Waals surface area (Å²) < 4.78 is 76.1. The first kappa shape index (κ1) is 28.1. The first-order valence-corrected chi connectivity index (χ1v) is 15.3. The zero-order chi connectivity index (χ0) is 30.1. The van der Waals surface area contributed by atoms with Gasteiger partial charge in [-0.1, -0.05) is 24.3 Å². The summed E-state index contributed by atoms with van der Waals surface area (Å²) >= 11 is 0. The van der Waals surface area contributed by atoms with Crippen LogP contribution in [0, 0.1) is 17.5 Å². The molecule has 220 valence electrons. The van der Waals surface area contributed by atoms with Gasteiger partial charge in [-0.25, -0.2) is 36.4 Å². The molecule has 9 nitrogen and oxygen atoms in total. The molecule has 0 N–H and O–H groups in total. The normalized spacial score (nSPS) is 19.1. The molecule has 0 spiro atoms. The average Bonchev–Trinajstić information content (AvgIpc) is 3.18. The summed E-state index contributed by atoms with van der Waals surface area (Å²) in [7, 11) is -3.98. The van der Waals surface area contributed by atoms with Crippen molar-refractivity contribution in [3.8, 4) is 11.3 Å². The van der Waals surface area contributed by atoms with E-state index in [9.17, 15) is 22.0 Å². The molecule has 42 heavy (non-hydrogen) atoms. The molecular weight excluding hydrogens is 571 g/mol. The van der Waals surface area contributed by atoms with Crippen LogP contribution in [0.2, 0.25) is 0 Å². The van der Waals surface area contributed by atoms with Gasteiger partial charge in [-0.05, 0) is 45.1 Å². The van der Waals surface area contributed by atoms with E-state index in [4.69, 9.17) is 4.74 Å². The number of piperazine rings is 1. The highest BCUT2D eigenvalue weighted by Crippen LogP contribution is 2.38. The Morgan fingerprint density at radius 1 is 1.00 bits per heavy atom. The van der Waals surface area contributed by atoms with E-state index < -0.39 is 44.1 Å². The van der Waals surface area contributed by atoms with Crippen LogP contribution in [0.5, 0.6) is 0 Å². The van der Waals surface area contributed by atoms with Gasteiger partial charge in [0.25, 0.3) is 0 Å². The van der Waals surface area contributed by atoms with Crippen LogP contribution in [0.15, 0.2) is 41.7 Å². The number of ether oxygens (including phenoxy) is 1. The number of carbonyl (C=O) groups is 1. The molecule has 0 unspecified atom stereocenters. The van der Waals surface area contributed by atoms with Gasteiger partial charge in [0.2, 0.25) is 15.0 Å². The molecule has 2 saturated heterocycles. The third-order valence-corrected chi connectivity index (χ3v) is 8.40. The van der Waals surface area contributed by atoms with Crippen molar-refractivity contribution < 1.29 is 31.1 Å². The second kappa shape index (κ2) is 9.79. The smallest absolute Gasteiger partial charge is 0.410 e. The number of sulfone groups is 1. The van der Waals surface area contributed by atoms with Crippen molar-refractivity contribution in [2.45, 2.75) is 56.5 Å². The molecule has 6 rings (SSSR count). The van der Waals surface area contributed by atoms with Gasteiger partial charge in [0.15, 0.2) is 17.5 Å². The molecule has 2 aromatic heterocycles. The molecule has 2 aliphatic heterocycles. The van der Waals surface area contributed by atoms with Gasteiger partial charge in [-0.3, -0.25) is 9.88 Å². The molecule has 2 fully saturated rings.